The molecule has 2 bridgehead atoms. The first-order valence-corrected chi connectivity index (χ1v) is 14.7. The molecule has 0 radical (unpaired) electrons. The Morgan fingerprint density at radius 3 is 2.64 bits per heavy atom. The lowest BCUT2D eigenvalue weighted by Gasteiger charge is -2.43. The van der Waals surface area contributed by atoms with Crippen LogP contribution in [0.5, 0.6) is 0 Å². The number of hydrogen-bond acceptors (Lipinski definition) is 3. The molecule has 0 saturated heterocycles. The summed E-state index contributed by atoms with van der Waals surface area (Å²) >= 11 is 13.9. The molecular weight excluding hydrogens is 507 g/mol. The molecule has 3 aromatic rings. The standard InChI is InChI=1S/C30H30Cl2N2OS/c31-24-10-6-18(14-25(24)32)17-36-13-12-33-30(35)22-9-11-26-23(16-22)27-20-7-8-21(15-20)28(27)29(34-26)19-4-2-1-3-5-19/h1-6,9-11,14,16,20-21,27-29,34H,7-8,12-13,15,17H2,(H,33,35)/t20-,21-,27-,28+,29+/m0/s1. The third kappa shape index (κ3) is 4.64. The number of amides is 1. The molecule has 186 valence electrons. The fourth-order valence-electron chi connectivity index (χ4n) is 6.78. The van der Waals surface area contributed by atoms with Crippen LogP contribution in [0.4, 0.5) is 5.69 Å². The zero-order chi connectivity index (χ0) is 24.6. The lowest BCUT2D eigenvalue weighted by Crippen LogP contribution is -2.35. The summed E-state index contributed by atoms with van der Waals surface area (Å²) in [4.78, 5) is 13.0. The van der Waals surface area contributed by atoms with Gasteiger partial charge in [0, 0.05) is 29.3 Å². The van der Waals surface area contributed by atoms with Crippen molar-refractivity contribution in [3.63, 3.8) is 0 Å². The van der Waals surface area contributed by atoms with Gasteiger partial charge in [-0.25, -0.2) is 0 Å². The van der Waals surface area contributed by atoms with Crippen LogP contribution in [0.1, 0.15) is 58.3 Å². The number of carbonyl (C=O) groups is 1. The van der Waals surface area contributed by atoms with E-state index in [4.69, 9.17) is 23.2 Å². The molecule has 1 amide bonds. The highest BCUT2D eigenvalue weighted by Crippen LogP contribution is 2.63. The van der Waals surface area contributed by atoms with Crippen LogP contribution in [0.25, 0.3) is 0 Å². The molecule has 1 heterocycles. The van der Waals surface area contributed by atoms with Crippen LogP contribution >= 0.6 is 35.0 Å². The predicted octanol–water partition coefficient (Wildman–Crippen LogP) is 7.95. The van der Waals surface area contributed by atoms with Gasteiger partial charge in [-0.1, -0.05) is 59.6 Å². The molecule has 6 heteroatoms. The average molecular weight is 538 g/mol. The van der Waals surface area contributed by atoms with Gasteiger partial charge in [-0.15, -0.1) is 0 Å². The van der Waals surface area contributed by atoms with E-state index in [1.807, 2.05) is 24.3 Å². The quantitative estimate of drug-likeness (QED) is 0.301. The number of halogens is 2. The average Bonchev–Trinajstić information content (AvgIpc) is 3.53. The Morgan fingerprint density at radius 1 is 0.972 bits per heavy atom. The van der Waals surface area contributed by atoms with E-state index in [1.54, 1.807) is 11.8 Å². The van der Waals surface area contributed by atoms with Gasteiger partial charge in [-0.3, -0.25) is 4.79 Å². The molecule has 2 N–H and O–H groups in total. The molecule has 0 aromatic heterocycles. The summed E-state index contributed by atoms with van der Waals surface area (Å²) in [6, 6.07) is 23.2. The first-order chi connectivity index (χ1) is 17.6. The fraction of sp³-hybridized carbons (Fsp3) is 0.367. The molecule has 2 saturated carbocycles. The highest BCUT2D eigenvalue weighted by molar-refractivity contribution is 7.98. The summed E-state index contributed by atoms with van der Waals surface area (Å²) in [6.45, 7) is 0.632. The van der Waals surface area contributed by atoms with E-state index < -0.39 is 0 Å². The van der Waals surface area contributed by atoms with Gasteiger partial charge < -0.3 is 10.6 Å². The van der Waals surface area contributed by atoms with Crippen LogP contribution in [0.2, 0.25) is 10.0 Å². The van der Waals surface area contributed by atoms with E-state index in [-0.39, 0.29) is 5.91 Å². The highest BCUT2D eigenvalue weighted by Gasteiger charge is 2.53. The Bertz CT molecular complexity index is 1270. The van der Waals surface area contributed by atoms with Crippen molar-refractivity contribution >= 4 is 46.6 Å². The van der Waals surface area contributed by atoms with Crippen molar-refractivity contribution in [1.82, 2.24) is 5.32 Å². The molecule has 1 aliphatic heterocycles. The van der Waals surface area contributed by atoms with Crippen LogP contribution in [0.3, 0.4) is 0 Å². The van der Waals surface area contributed by atoms with Crippen LogP contribution in [-0.4, -0.2) is 18.2 Å². The third-order valence-corrected chi connectivity index (χ3v) is 10.1. The second-order valence-electron chi connectivity index (χ2n) is 10.3. The third-order valence-electron chi connectivity index (χ3n) is 8.29. The Balaban J connectivity index is 1.12. The van der Waals surface area contributed by atoms with E-state index in [9.17, 15) is 4.79 Å². The van der Waals surface area contributed by atoms with Crippen molar-refractivity contribution < 1.29 is 4.79 Å². The molecule has 6 rings (SSSR count). The van der Waals surface area contributed by atoms with E-state index in [0.717, 1.165) is 34.5 Å². The Morgan fingerprint density at radius 2 is 1.81 bits per heavy atom. The van der Waals surface area contributed by atoms with Gasteiger partial charge in [-0.05, 0) is 90.0 Å². The summed E-state index contributed by atoms with van der Waals surface area (Å²) in [5.41, 5.74) is 5.83. The Labute approximate surface area is 227 Å². The minimum Gasteiger partial charge on any atom is -0.378 e. The van der Waals surface area contributed by atoms with E-state index in [1.165, 1.54) is 36.1 Å². The van der Waals surface area contributed by atoms with Gasteiger partial charge in [0.05, 0.1) is 16.1 Å². The van der Waals surface area contributed by atoms with E-state index in [2.05, 4.69) is 53.1 Å². The molecule has 0 spiro atoms. The number of hydrogen-bond donors (Lipinski definition) is 2. The normalized spacial score (nSPS) is 25.7. The highest BCUT2D eigenvalue weighted by atomic mass is 35.5. The lowest BCUT2D eigenvalue weighted by molar-refractivity contribution is 0.0956. The minimum atomic E-state index is 0.0119. The van der Waals surface area contributed by atoms with Gasteiger partial charge in [0.25, 0.3) is 5.91 Å². The molecule has 5 atom stereocenters. The molecular formula is C30H30Cl2N2OS. The Hall–Kier alpha value is -2.14. The van der Waals surface area contributed by atoms with Gasteiger partial charge in [0.15, 0.2) is 0 Å². The van der Waals surface area contributed by atoms with Crippen LogP contribution < -0.4 is 10.6 Å². The zero-order valence-electron chi connectivity index (χ0n) is 20.1. The van der Waals surface area contributed by atoms with Crippen molar-refractivity contribution in [2.75, 3.05) is 17.6 Å². The smallest absolute Gasteiger partial charge is 0.251 e. The zero-order valence-corrected chi connectivity index (χ0v) is 22.4. The lowest BCUT2D eigenvalue weighted by atomic mass is 9.68. The number of carbonyl (C=O) groups excluding carboxylic acids is 1. The molecule has 3 aliphatic rings. The topological polar surface area (TPSA) is 41.1 Å². The summed E-state index contributed by atoms with van der Waals surface area (Å²) in [5, 5.41) is 8.13. The monoisotopic (exact) mass is 536 g/mol. The van der Waals surface area contributed by atoms with Crippen LogP contribution in [-0.2, 0) is 5.75 Å². The first-order valence-electron chi connectivity index (χ1n) is 12.8. The maximum atomic E-state index is 13.0. The van der Waals surface area contributed by atoms with Gasteiger partial charge in [0.1, 0.15) is 0 Å². The number of thioether (sulfide) groups is 1. The SMILES string of the molecule is O=C(NCCSCc1ccc(Cl)c(Cl)c1)c1ccc2c(c1)[C@@H]1[C@H]3CC[C@@H](C3)[C@H]1[C@@H](c1ccccc1)N2. The van der Waals surface area contributed by atoms with E-state index in [0.29, 0.717) is 34.5 Å². The molecule has 0 unspecified atom stereocenters. The summed E-state index contributed by atoms with van der Waals surface area (Å²) in [6.07, 6.45) is 3.98. The van der Waals surface area contributed by atoms with Gasteiger partial charge >= 0.3 is 0 Å². The van der Waals surface area contributed by atoms with Crippen LogP contribution in [0.15, 0.2) is 66.7 Å². The second kappa shape index (κ2) is 10.3. The van der Waals surface area contributed by atoms with Gasteiger partial charge in [-0.2, -0.15) is 11.8 Å². The van der Waals surface area contributed by atoms with Gasteiger partial charge in [0.2, 0.25) is 0 Å². The summed E-state index contributed by atoms with van der Waals surface area (Å²) in [7, 11) is 0. The number of nitrogens with one attached hydrogen (secondary N) is 2. The number of benzene rings is 3. The second-order valence-corrected chi connectivity index (χ2v) is 12.2. The maximum Gasteiger partial charge on any atom is 0.251 e. The summed E-state index contributed by atoms with van der Waals surface area (Å²) < 4.78 is 0. The largest absolute Gasteiger partial charge is 0.378 e. The number of anilines is 1. The van der Waals surface area contributed by atoms with Crippen molar-refractivity contribution in [1.29, 1.82) is 0 Å². The molecule has 36 heavy (non-hydrogen) atoms. The maximum absolute atomic E-state index is 13.0. The van der Waals surface area contributed by atoms with Crippen LogP contribution in [0, 0.1) is 17.8 Å². The van der Waals surface area contributed by atoms with E-state index >= 15 is 0 Å². The molecule has 2 aliphatic carbocycles. The first kappa shape index (κ1) is 24.2. The van der Waals surface area contributed by atoms with Crippen molar-refractivity contribution in [3.8, 4) is 0 Å². The molecule has 3 nitrogen and oxygen atoms in total. The molecule has 3 aromatic carbocycles. The number of rotatable bonds is 7. The van der Waals surface area contributed by atoms with Crippen molar-refractivity contribution in [2.45, 2.75) is 37.0 Å². The predicted molar refractivity (Wildman–Crippen MR) is 151 cm³/mol. The van der Waals surface area contributed by atoms with Crippen molar-refractivity contribution in [3.05, 3.63) is 99.0 Å². The Kier molecular flexibility index (Phi) is 6.94. The number of fused-ring (bicyclic) bond motifs is 7. The molecule has 2 fully saturated rings. The fourth-order valence-corrected chi connectivity index (χ4v) is 7.90. The van der Waals surface area contributed by atoms with Crippen molar-refractivity contribution in [2.24, 2.45) is 17.8 Å². The summed E-state index contributed by atoms with van der Waals surface area (Å²) in [5.74, 6) is 4.35. The minimum absolute atomic E-state index is 0.0119.